The van der Waals surface area contributed by atoms with Crippen molar-refractivity contribution in [1.82, 2.24) is 4.98 Å². The van der Waals surface area contributed by atoms with Crippen LogP contribution >= 0.6 is 0 Å². The van der Waals surface area contributed by atoms with Crippen molar-refractivity contribution >= 4 is 11.6 Å². The Morgan fingerprint density at radius 2 is 1.95 bits per heavy atom. The summed E-state index contributed by atoms with van der Waals surface area (Å²) in [5.41, 5.74) is 6.42. The Hall–Kier alpha value is -1.58. The average molecular weight is 261 g/mol. The van der Waals surface area contributed by atoms with Crippen molar-refractivity contribution in [2.45, 2.75) is 38.5 Å². The maximum Gasteiger partial charge on any atom is 0.217 e. The number of carbonyl (C=O) groups excluding carboxylic acids is 1. The molecule has 19 heavy (non-hydrogen) atoms. The summed E-state index contributed by atoms with van der Waals surface area (Å²) in [5, 5.41) is 0. The number of aromatic nitrogens is 1. The Labute approximate surface area is 115 Å². The number of pyridine rings is 1. The number of hydrogen-bond acceptors (Lipinski definition) is 3. The fourth-order valence-electron chi connectivity index (χ4n) is 2.77. The van der Waals surface area contributed by atoms with E-state index in [4.69, 9.17) is 5.73 Å². The van der Waals surface area contributed by atoms with Gasteiger partial charge in [-0.15, -0.1) is 0 Å². The van der Waals surface area contributed by atoms with Gasteiger partial charge in [-0.1, -0.05) is 12.8 Å². The van der Waals surface area contributed by atoms with Gasteiger partial charge in [0.1, 0.15) is 0 Å². The van der Waals surface area contributed by atoms with Crippen molar-refractivity contribution in [2.75, 3.05) is 18.0 Å². The molecule has 0 radical (unpaired) electrons. The van der Waals surface area contributed by atoms with Gasteiger partial charge in [-0.25, -0.2) is 0 Å². The van der Waals surface area contributed by atoms with Crippen LogP contribution in [0.5, 0.6) is 0 Å². The van der Waals surface area contributed by atoms with Crippen LogP contribution in [-0.2, 0) is 4.79 Å². The molecule has 1 aromatic heterocycles. The molecule has 104 valence electrons. The summed E-state index contributed by atoms with van der Waals surface area (Å²) in [5.74, 6) is 0.637. The van der Waals surface area contributed by atoms with Gasteiger partial charge in [0.15, 0.2) is 0 Å². The maximum absolute atomic E-state index is 10.7. The summed E-state index contributed by atoms with van der Waals surface area (Å²) in [4.78, 5) is 17.1. The van der Waals surface area contributed by atoms with Crippen molar-refractivity contribution in [3.8, 4) is 0 Å². The second kappa shape index (κ2) is 7.12. The number of hydrogen-bond donors (Lipinski definition) is 1. The number of carbonyl (C=O) groups is 1. The van der Waals surface area contributed by atoms with Crippen molar-refractivity contribution in [3.05, 3.63) is 24.5 Å². The zero-order chi connectivity index (χ0) is 13.5. The largest absolute Gasteiger partial charge is 0.371 e. The highest BCUT2D eigenvalue weighted by atomic mass is 16.1. The Morgan fingerprint density at radius 1 is 1.26 bits per heavy atom. The first kappa shape index (κ1) is 13.8. The smallest absolute Gasteiger partial charge is 0.217 e. The Balaban J connectivity index is 1.67. The van der Waals surface area contributed by atoms with Gasteiger partial charge in [-0.3, -0.25) is 9.78 Å². The second-order valence-corrected chi connectivity index (χ2v) is 5.35. The van der Waals surface area contributed by atoms with Crippen LogP contribution in [0.3, 0.4) is 0 Å². The number of piperidine rings is 1. The molecule has 2 N–H and O–H groups in total. The van der Waals surface area contributed by atoms with Gasteiger partial charge < -0.3 is 10.6 Å². The molecule has 4 nitrogen and oxygen atoms in total. The van der Waals surface area contributed by atoms with E-state index in [0.29, 0.717) is 6.42 Å². The van der Waals surface area contributed by atoms with Crippen LogP contribution in [0.25, 0.3) is 0 Å². The normalized spacial score (nSPS) is 16.5. The third-order valence-corrected chi connectivity index (χ3v) is 3.93. The lowest BCUT2D eigenvalue weighted by atomic mass is 9.91. The molecule has 0 aliphatic carbocycles. The van der Waals surface area contributed by atoms with Crippen LogP contribution in [0.4, 0.5) is 5.69 Å². The zero-order valence-corrected chi connectivity index (χ0v) is 11.4. The summed E-state index contributed by atoms with van der Waals surface area (Å²) in [6.07, 6.45) is 10.0. The minimum Gasteiger partial charge on any atom is -0.371 e. The summed E-state index contributed by atoms with van der Waals surface area (Å²) in [7, 11) is 0. The van der Waals surface area contributed by atoms with Crippen molar-refractivity contribution < 1.29 is 4.79 Å². The lowest BCUT2D eigenvalue weighted by molar-refractivity contribution is -0.118. The van der Waals surface area contributed by atoms with E-state index in [1.54, 1.807) is 0 Å². The van der Waals surface area contributed by atoms with Crippen LogP contribution in [0.1, 0.15) is 38.5 Å². The minimum atomic E-state index is -0.174. The van der Waals surface area contributed by atoms with E-state index >= 15 is 0 Å². The van der Waals surface area contributed by atoms with E-state index in [-0.39, 0.29) is 5.91 Å². The third kappa shape index (κ3) is 4.54. The van der Waals surface area contributed by atoms with Crippen LogP contribution in [0, 0.1) is 5.92 Å². The Morgan fingerprint density at radius 3 is 2.58 bits per heavy atom. The van der Waals surface area contributed by atoms with Crippen LogP contribution in [0.2, 0.25) is 0 Å². The lowest BCUT2D eigenvalue weighted by Crippen LogP contribution is -2.33. The molecule has 4 heteroatoms. The molecule has 1 fully saturated rings. The molecule has 0 atom stereocenters. The van der Waals surface area contributed by atoms with Crippen LogP contribution in [-0.4, -0.2) is 24.0 Å². The van der Waals surface area contributed by atoms with E-state index in [1.807, 2.05) is 12.4 Å². The SMILES string of the molecule is NC(=O)CCCCC1CCN(c2ccncc2)CC1. The Kier molecular flexibility index (Phi) is 5.19. The van der Waals surface area contributed by atoms with E-state index in [0.717, 1.165) is 31.8 Å². The zero-order valence-electron chi connectivity index (χ0n) is 11.4. The van der Waals surface area contributed by atoms with E-state index in [9.17, 15) is 4.79 Å². The van der Waals surface area contributed by atoms with Crippen molar-refractivity contribution in [1.29, 1.82) is 0 Å². The molecule has 0 spiro atoms. The molecule has 0 saturated carbocycles. The number of anilines is 1. The van der Waals surface area contributed by atoms with Crippen LogP contribution in [0.15, 0.2) is 24.5 Å². The first-order valence-electron chi connectivity index (χ1n) is 7.19. The van der Waals surface area contributed by atoms with Gasteiger partial charge >= 0.3 is 0 Å². The highest BCUT2D eigenvalue weighted by molar-refractivity contribution is 5.73. The van der Waals surface area contributed by atoms with Crippen molar-refractivity contribution in [3.63, 3.8) is 0 Å². The van der Waals surface area contributed by atoms with E-state index < -0.39 is 0 Å². The summed E-state index contributed by atoms with van der Waals surface area (Å²) in [6.45, 7) is 2.26. The molecule has 0 aromatic carbocycles. The first-order valence-corrected chi connectivity index (χ1v) is 7.19. The molecule has 2 heterocycles. The minimum absolute atomic E-state index is 0.174. The molecule has 2 rings (SSSR count). The fraction of sp³-hybridized carbons (Fsp3) is 0.600. The first-order chi connectivity index (χ1) is 9.25. The number of primary amides is 1. The molecule has 1 aromatic rings. The summed E-state index contributed by atoms with van der Waals surface area (Å²) >= 11 is 0. The van der Waals surface area contributed by atoms with Gasteiger partial charge in [-0.2, -0.15) is 0 Å². The van der Waals surface area contributed by atoms with Gasteiger partial charge in [0.2, 0.25) is 5.91 Å². The molecule has 1 aliphatic rings. The highest BCUT2D eigenvalue weighted by Crippen LogP contribution is 2.26. The monoisotopic (exact) mass is 261 g/mol. The molecule has 1 amide bonds. The Bertz CT molecular complexity index is 386. The number of amides is 1. The average Bonchev–Trinajstić information content (AvgIpc) is 2.45. The number of nitrogens with two attached hydrogens (primary N) is 1. The van der Waals surface area contributed by atoms with Crippen molar-refractivity contribution in [2.24, 2.45) is 11.7 Å². The second-order valence-electron chi connectivity index (χ2n) is 5.35. The number of nitrogens with zero attached hydrogens (tertiary/aromatic N) is 2. The van der Waals surface area contributed by atoms with Gasteiger partial charge in [0.25, 0.3) is 0 Å². The molecule has 0 unspecified atom stereocenters. The topological polar surface area (TPSA) is 59.2 Å². The fourth-order valence-corrected chi connectivity index (χ4v) is 2.77. The van der Waals surface area contributed by atoms with E-state index in [2.05, 4.69) is 22.0 Å². The predicted octanol–water partition coefficient (Wildman–Crippen LogP) is 2.34. The van der Waals surface area contributed by atoms with Gasteiger partial charge in [0.05, 0.1) is 0 Å². The quantitative estimate of drug-likeness (QED) is 0.800. The van der Waals surface area contributed by atoms with Gasteiger partial charge in [-0.05, 0) is 37.3 Å². The molecule has 1 aliphatic heterocycles. The third-order valence-electron chi connectivity index (χ3n) is 3.93. The molecule has 1 saturated heterocycles. The molecular formula is C15H23N3O. The predicted molar refractivity (Wildman–Crippen MR) is 76.8 cm³/mol. The molecule has 0 bridgehead atoms. The maximum atomic E-state index is 10.7. The summed E-state index contributed by atoms with van der Waals surface area (Å²) in [6, 6.07) is 4.15. The number of rotatable bonds is 6. The van der Waals surface area contributed by atoms with E-state index in [1.165, 1.54) is 24.9 Å². The van der Waals surface area contributed by atoms with Gasteiger partial charge in [0, 0.05) is 37.6 Å². The van der Waals surface area contributed by atoms with Crippen LogP contribution < -0.4 is 10.6 Å². The molecular weight excluding hydrogens is 238 g/mol. The summed E-state index contributed by atoms with van der Waals surface area (Å²) < 4.78 is 0. The standard InChI is InChI=1S/C15H23N3O/c16-15(19)4-2-1-3-13-7-11-18(12-8-13)14-5-9-17-10-6-14/h5-6,9-10,13H,1-4,7-8,11-12H2,(H2,16,19). The highest BCUT2D eigenvalue weighted by Gasteiger charge is 2.18. The lowest BCUT2D eigenvalue weighted by Gasteiger charge is -2.33. The number of unbranched alkanes of at least 4 members (excludes halogenated alkanes) is 1.